The van der Waals surface area contributed by atoms with Crippen molar-refractivity contribution in [3.05, 3.63) is 34.8 Å². The first kappa shape index (κ1) is 12.9. The van der Waals surface area contributed by atoms with E-state index in [-0.39, 0.29) is 24.3 Å². The first-order chi connectivity index (χ1) is 9.02. The second kappa shape index (κ2) is 4.98. The zero-order valence-electron chi connectivity index (χ0n) is 10.7. The Morgan fingerprint density at radius 3 is 3.00 bits per heavy atom. The van der Waals surface area contributed by atoms with E-state index in [1.54, 1.807) is 20.2 Å². The van der Waals surface area contributed by atoms with Crippen LogP contribution in [0.4, 0.5) is 0 Å². The topological polar surface area (TPSA) is 88.7 Å². The molecule has 1 amide bonds. The van der Waals surface area contributed by atoms with Gasteiger partial charge in [-0.25, -0.2) is 0 Å². The SMILES string of the molecule is CN(C)C(=O)CNC1=CC2N=CC(C#N)=C2C(O)=C1. The van der Waals surface area contributed by atoms with E-state index in [1.807, 2.05) is 6.07 Å². The van der Waals surface area contributed by atoms with E-state index in [9.17, 15) is 9.90 Å². The normalized spacial score (nSPS) is 20.4. The van der Waals surface area contributed by atoms with Gasteiger partial charge in [0.05, 0.1) is 12.1 Å². The number of fused-ring (bicyclic) bond motifs is 1. The van der Waals surface area contributed by atoms with Gasteiger partial charge in [0, 0.05) is 37.7 Å². The Morgan fingerprint density at radius 2 is 2.37 bits per heavy atom. The number of hydrogen-bond donors (Lipinski definition) is 2. The molecular formula is C13H14N4O2. The number of aliphatic hydroxyl groups is 1. The van der Waals surface area contributed by atoms with Gasteiger partial charge >= 0.3 is 0 Å². The highest BCUT2D eigenvalue weighted by Gasteiger charge is 2.27. The highest BCUT2D eigenvalue weighted by molar-refractivity contribution is 5.90. The predicted molar refractivity (Wildman–Crippen MR) is 70.4 cm³/mol. The highest BCUT2D eigenvalue weighted by Crippen LogP contribution is 2.29. The first-order valence-electron chi connectivity index (χ1n) is 5.77. The van der Waals surface area contributed by atoms with Crippen LogP contribution in [0.1, 0.15) is 0 Å². The molecule has 6 nitrogen and oxygen atoms in total. The monoisotopic (exact) mass is 258 g/mol. The van der Waals surface area contributed by atoms with E-state index in [0.717, 1.165) is 0 Å². The molecule has 0 saturated carbocycles. The lowest BCUT2D eigenvalue weighted by Gasteiger charge is -2.18. The fraction of sp³-hybridized carbons (Fsp3) is 0.308. The quantitative estimate of drug-likeness (QED) is 0.760. The lowest BCUT2D eigenvalue weighted by Crippen LogP contribution is -2.33. The van der Waals surface area contributed by atoms with E-state index in [4.69, 9.17) is 5.26 Å². The predicted octanol–water partition coefficient (Wildman–Crippen LogP) is 0.277. The van der Waals surface area contributed by atoms with Crippen molar-refractivity contribution in [1.29, 1.82) is 5.26 Å². The summed E-state index contributed by atoms with van der Waals surface area (Å²) in [6.07, 6.45) is 4.73. The van der Waals surface area contributed by atoms with Crippen LogP contribution in [0.3, 0.4) is 0 Å². The van der Waals surface area contributed by atoms with Crippen LogP contribution in [0.15, 0.2) is 39.7 Å². The number of amides is 1. The average Bonchev–Trinajstić information content (AvgIpc) is 2.79. The number of aliphatic hydroxyl groups excluding tert-OH is 1. The molecule has 0 bridgehead atoms. The molecule has 0 aromatic heterocycles. The van der Waals surface area contributed by atoms with Gasteiger partial charge in [-0.1, -0.05) is 0 Å². The first-order valence-corrected chi connectivity index (χ1v) is 5.77. The van der Waals surface area contributed by atoms with Crippen molar-refractivity contribution in [3.63, 3.8) is 0 Å². The largest absolute Gasteiger partial charge is 0.507 e. The number of carbonyl (C=O) groups is 1. The van der Waals surface area contributed by atoms with Crippen LogP contribution in [0.2, 0.25) is 0 Å². The molecule has 0 aromatic rings. The minimum atomic E-state index is -0.350. The van der Waals surface area contributed by atoms with E-state index in [0.29, 0.717) is 16.8 Å². The molecule has 98 valence electrons. The van der Waals surface area contributed by atoms with Gasteiger partial charge in [-0.15, -0.1) is 0 Å². The van der Waals surface area contributed by atoms with E-state index in [1.165, 1.54) is 17.2 Å². The molecule has 1 aliphatic heterocycles. The van der Waals surface area contributed by atoms with Crippen LogP contribution in [0, 0.1) is 11.3 Å². The van der Waals surface area contributed by atoms with Crippen molar-refractivity contribution in [1.82, 2.24) is 10.2 Å². The van der Waals surface area contributed by atoms with Crippen LogP contribution in [0.25, 0.3) is 0 Å². The van der Waals surface area contributed by atoms with Crippen molar-refractivity contribution in [3.8, 4) is 6.07 Å². The van der Waals surface area contributed by atoms with Gasteiger partial charge in [-0.05, 0) is 6.08 Å². The molecule has 1 heterocycles. The van der Waals surface area contributed by atoms with Gasteiger partial charge in [0.25, 0.3) is 0 Å². The van der Waals surface area contributed by atoms with E-state index >= 15 is 0 Å². The summed E-state index contributed by atoms with van der Waals surface area (Å²) in [6.45, 7) is 0.142. The van der Waals surface area contributed by atoms with Gasteiger partial charge in [0.15, 0.2) is 0 Å². The van der Waals surface area contributed by atoms with Crippen molar-refractivity contribution < 1.29 is 9.90 Å². The molecule has 0 fully saturated rings. The van der Waals surface area contributed by atoms with Crippen molar-refractivity contribution >= 4 is 12.1 Å². The Balaban J connectivity index is 2.12. The standard InChI is InChI=1S/C13H14N4O2/c1-17(2)12(19)7-15-9-3-10-13(11(18)4-9)8(5-14)6-16-10/h3-4,6,10,15,18H,7H2,1-2H3. The van der Waals surface area contributed by atoms with Crippen LogP contribution >= 0.6 is 0 Å². The number of hydrogen-bond acceptors (Lipinski definition) is 5. The maximum atomic E-state index is 11.5. The second-order valence-corrected chi connectivity index (χ2v) is 4.46. The average molecular weight is 258 g/mol. The maximum Gasteiger partial charge on any atom is 0.241 e. The Bertz CT molecular complexity index is 576. The molecule has 1 atom stereocenters. The Kier molecular flexibility index (Phi) is 3.38. The summed E-state index contributed by atoms with van der Waals surface area (Å²) < 4.78 is 0. The van der Waals surface area contributed by atoms with Crippen LogP contribution in [-0.2, 0) is 4.79 Å². The molecule has 6 heteroatoms. The number of likely N-dealkylation sites (N-methyl/N-ethyl adjacent to an activating group) is 1. The molecule has 0 radical (unpaired) electrons. The third-order valence-corrected chi connectivity index (χ3v) is 2.92. The third-order valence-electron chi connectivity index (χ3n) is 2.92. The zero-order valence-corrected chi connectivity index (χ0v) is 10.7. The van der Waals surface area contributed by atoms with Gasteiger partial charge in [-0.2, -0.15) is 5.26 Å². The zero-order chi connectivity index (χ0) is 14.0. The van der Waals surface area contributed by atoms with Gasteiger partial charge in [0.1, 0.15) is 17.9 Å². The number of allylic oxidation sites excluding steroid dienone is 2. The van der Waals surface area contributed by atoms with E-state index < -0.39 is 0 Å². The number of nitriles is 1. The summed E-state index contributed by atoms with van der Waals surface area (Å²) >= 11 is 0. The van der Waals surface area contributed by atoms with Gasteiger partial charge in [0.2, 0.25) is 5.91 Å². The molecule has 19 heavy (non-hydrogen) atoms. The molecule has 1 aliphatic carbocycles. The molecule has 0 spiro atoms. The second-order valence-electron chi connectivity index (χ2n) is 4.46. The number of nitrogens with one attached hydrogen (secondary N) is 1. The fourth-order valence-electron chi connectivity index (χ4n) is 1.85. The summed E-state index contributed by atoms with van der Waals surface area (Å²) in [6, 6.07) is 1.64. The lowest BCUT2D eigenvalue weighted by molar-refractivity contribution is -0.127. The minimum absolute atomic E-state index is 0.0151. The summed E-state index contributed by atoms with van der Waals surface area (Å²) in [7, 11) is 3.35. The Morgan fingerprint density at radius 1 is 1.63 bits per heavy atom. The van der Waals surface area contributed by atoms with Crippen LogP contribution in [0.5, 0.6) is 0 Å². The fourth-order valence-corrected chi connectivity index (χ4v) is 1.85. The minimum Gasteiger partial charge on any atom is -0.507 e. The lowest BCUT2D eigenvalue weighted by atomic mass is 9.97. The summed E-state index contributed by atoms with van der Waals surface area (Å²) in [5, 5.41) is 21.8. The van der Waals surface area contributed by atoms with Gasteiger partial charge < -0.3 is 15.3 Å². The molecule has 0 aromatic carbocycles. The number of carbonyl (C=O) groups excluding carboxylic acids is 1. The van der Waals surface area contributed by atoms with Crippen molar-refractivity contribution in [2.24, 2.45) is 4.99 Å². The molecule has 0 saturated heterocycles. The molecule has 2 N–H and O–H groups in total. The van der Waals surface area contributed by atoms with Crippen molar-refractivity contribution in [2.75, 3.05) is 20.6 Å². The van der Waals surface area contributed by atoms with Gasteiger partial charge in [-0.3, -0.25) is 9.79 Å². The summed E-state index contributed by atoms with van der Waals surface area (Å²) in [5.74, 6) is -0.0517. The maximum absolute atomic E-state index is 11.5. The van der Waals surface area contributed by atoms with Crippen LogP contribution < -0.4 is 5.32 Å². The smallest absolute Gasteiger partial charge is 0.241 e. The third kappa shape index (κ3) is 2.50. The molecular weight excluding hydrogens is 244 g/mol. The number of aliphatic imine (C=N–C) groups is 1. The highest BCUT2D eigenvalue weighted by atomic mass is 16.3. The van der Waals surface area contributed by atoms with E-state index in [2.05, 4.69) is 10.3 Å². The summed E-state index contributed by atoms with van der Waals surface area (Å²) in [5.41, 5.74) is 1.52. The molecule has 2 rings (SSSR count). The van der Waals surface area contributed by atoms with Crippen LogP contribution in [-0.4, -0.2) is 48.8 Å². The number of rotatable bonds is 3. The molecule has 1 unspecified atom stereocenters. The Hall–Kier alpha value is -2.55. The Labute approximate surface area is 111 Å². The van der Waals surface area contributed by atoms with Crippen molar-refractivity contribution in [2.45, 2.75) is 6.04 Å². The molecule has 2 aliphatic rings. The summed E-state index contributed by atoms with van der Waals surface area (Å²) in [4.78, 5) is 17.1. The number of nitrogens with zero attached hydrogens (tertiary/aromatic N) is 3.